The fourth-order valence-corrected chi connectivity index (χ4v) is 4.32. The number of rotatable bonds is 8. The van der Waals surface area contributed by atoms with E-state index in [-0.39, 0.29) is 22.6 Å². The molecule has 4 aromatic carbocycles. The number of Topliss-reactive ketones (excluding diaryl/α,β-unsaturated/α-hetero) is 1. The van der Waals surface area contributed by atoms with Crippen molar-refractivity contribution in [2.75, 3.05) is 28.4 Å². The lowest BCUT2D eigenvalue weighted by atomic mass is 9.92. The van der Waals surface area contributed by atoms with Gasteiger partial charge < -0.3 is 29.2 Å². The highest BCUT2D eigenvalue weighted by Gasteiger charge is 2.33. The Bertz CT molecular complexity index is 1260. The Balaban J connectivity index is 1.83. The number of fused-ring (bicyclic) bond motifs is 2. The summed E-state index contributed by atoms with van der Waals surface area (Å²) < 4.78 is 22.1. The first-order valence-corrected chi connectivity index (χ1v) is 10.6. The molecule has 2 unspecified atom stereocenters. The Labute approximate surface area is 197 Å². The van der Waals surface area contributed by atoms with E-state index in [1.165, 1.54) is 28.4 Å². The smallest absolute Gasteiger partial charge is 0.198 e. The molecule has 7 heteroatoms. The second-order valence-corrected chi connectivity index (χ2v) is 7.71. The molecule has 0 aliphatic rings. The molecule has 0 spiro atoms. The van der Waals surface area contributed by atoms with E-state index in [9.17, 15) is 15.0 Å². The van der Waals surface area contributed by atoms with E-state index in [4.69, 9.17) is 18.9 Å². The first-order valence-electron chi connectivity index (χ1n) is 10.6. The molecule has 0 aromatic heterocycles. The molecular formula is C27H26O7. The average Bonchev–Trinajstić information content (AvgIpc) is 2.89. The Morgan fingerprint density at radius 3 is 1.32 bits per heavy atom. The number of methoxy groups -OCH3 is 4. The van der Waals surface area contributed by atoms with Gasteiger partial charge in [-0.2, -0.15) is 0 Å². The minimum Gasteiger partial charge on any atom is -0.492 e. The number of ketones is 1. The van der Waals surface area contributed by atoms with Gasteiger partial charge in [0.05, 0.1) is 28.4 Å². The number of carbonyl (C=O) groups is 1. The quantitative estimate of drug-likeness (QED) is 0.402. The van der Waals surface area contributed by atoms with Crippen LogP contribution in [0.1, 0.15) is 23.3 Å². The number of hydrogen-bond donors (Lipinski definition) is 2. The second-order valence-electron chi connectivity index (χ2n) is 7.71. The average molecular weight is 462 g/mol. The van der Waals surface area contributed by atoms with Gasteiger partial charge in [0.25, 0.3) is 0 Å². The Hall–Kier alpha value is -3.81. The zero-order chi connectivity index (χ0) is 24.4. The third-order valence-corrected chi connectivity index (χ3v) is 5.91. The zero-order valence-electron chi connectivity index (χ0n) is 19.4. The summed E-state index contributed by atoms with van der Waals surface area (Å²) >= 11 is 0. The van der Waals surface area contributed by atoms with Gasteiger partial charge >= 0.3 is 0 Å². The first kappa shape index (κ1) is 23.4. The lowest BCUT2D eigenvalue weighted by molar-refractivity contribution is -0.136. The van der Waals surface area contributed by atoms with Crippen LogP contribution in [0.15, 0.2) is 60.7 Å². The topological polar surface area (TPSA) is 94.5 Å². The third kappa shape index (κ3) is 3.79. The minimum absolute atomic E-state index is 0.189. The van der Waals surface area contributed by atoms with Gasteiger partial charge in [0, 0.05) is 21.9 Å². The maximum atomic E-state index is 13.4. The fourth-order valence-electron chi connectivity index (χ4n) is 4.32. The molecule has 4 rings (SSSR count). The third-order valence-electron chi connectivity index (χ3n) is 5.91. The molecule has 0 saturated heterocycles. The molecule has 7 nitrogen and oxygen atoms in total. The van der Waals surface area contributed by atoms with Crippen LogP contribution in [0.5, 0.6) is 23.0 Å². The molecule has 0 aliphatic heterocycles. The number of benzene rings is 4. The molecule has 0 amide bonds. The van der Waals surface area contributed by atoms with Crippen LogP contribution < -0.4 is 18.9 Å². The second kappa shape index (κ2) is 9.59. The number of carbonyl (C=O) groups excluding carboxylic acids is 1. The summed E-state index contributed by atoms with van der Waals surface area (Å²) in [6, 6.07) is 18.1. The number of aliphatic hydroxyl groups excluding tert-OH is 2. The fraction of sp³-hybridized carbons (Fsp3) is 0.222. The van der Waals surface area contributed by atoms with E-state index in [2.05, 4.69) is 0 Å². The standard InChI is InChI=1S/C27H26O7/c1-31-24-17-11-7-5-9-15(17)13-19(26(24)33-3)21(28)23(30)22(29)20-14-16-10-6-8-12-18(16)25(32-2)27(20)34-4/h5-14,21-22,28-29H,1-4H3. The van der Waals surface area contributed by atoms with Gasteiger partial charge in [-0.3, -0.25) is 4.79 Å². The van der Waals surface area contributed by atoms with Gasteiger partial charge in [0.15, 0.2) is 28.8 Å². The summed E-state index contributed by atoms with van der Waals surface area (Å²) in [5, 5.41) is 25.2. The van der Waals surface area contributed by atoms with Crippen LogP contribution in [0.3, 0.4) is 0 Å². The number of ether oxygens (including phenoxy) is 4. The van der Waals surface area contributed by atoms with Gasteiger partial charge in [-0.1, -0.05) is 48.5 Å². The Morgan fingerprint density at radius 2 is 0.971 bits per heavy atom. The van der Waals surface area contributed by atoms with E-state index < -0.39 is 18.0 Å². The van der Waals surface area contributed by atoms with Gasteiger partial charge in [0.1, 0.15) is 12.2 Å². The molecule has 0 saturated carbocycles. The monoisotopic (exact) mass is 462 g/mol. The van der Waals surface area contributed by atoms with Crippen molar-refractivity contribution in [3.63, 3.8) is 0 Å². The van der Waals surface area contributed by atoms with E-state index in [0.29, 0.717) is 11.5 Å². The number of aliphatic hydroxyl groups is 2. The van der Waals surface area contributed by atoms with Crippen molar-refractivity contribution >= 4 is 27.3 Å². The summed E-state index contributed by atoms with van der Waals surface area (Å²) in [5.74, 6) is 0.379. The molecule has 2 N–H and O–H groups in total. The van der Waals surface area contributed by atoms with Crippen molar-refractivity contribution in [1.82, 2.24) is 0 Å². The van der Waals surface area contributed by atoms with Crippen LogP contribution in [-0.4, -0.2) is 44.4 Å². The molecule has 0 fully saturated rings. The zero-order valence-corrected chi connectivity index (χ0v) is 19.4. The van der Waals surface area contributed by atoms with Crippen LogP contribution in [-0.2, 0) is 4.79 Å². The van der Waals surface area contributed by atoms with Crippen LogP contribution in [0.25, 0.3) is 21.5 Å². The maximum absolute atomic E-state index is 13.4. The van der Waals surface area contributed by atoms with Crippen molar-refractivity contribution in [3.05, 3.63) is 71.8 Å². The minimum atomic E-state index is -1.69. The summed E-state index contributed by atoms with van der Waals surface area (Å²) in [6.07, 6.45) is -3.38. The number of hydrogen-bond acceptors (Lipinski definition) is 7. The SMILES string of the molecule is COc1c(C(O)C(=O)C(O)c2cc3ccccc3c(OC)c2OC)cc2ccccc2c1OC. The highest BCUT2D eigenvalue weighted by Crippen LogP contribution is 2.45. The summed E-state index contributed by atoms with van der Waals surface area (Å²) in [7, 11) is 5.84. The van der Waals surface area contributed by atoms with Crippen molar-refractivity contribution < 1.29 is 34.0 Å². The molecule has 4 aromatic rings. The highest BCUT2D eigenvalue weighted by molar-refractivity contribution is 5.98. The van der Waals surface area contributed by atoms with Crippen LogP contribution in [0, 0.1) is 0 Å². The van der Waals surface area contributed by atoms with Gasteiger partial charge in [-0.05, 0) is 22.9 Å². The van der Waals surface area contributed by atoms with Gasteiger partial charge in [-0.15, -0.1) is 0 Å². The molecule has 34 heavy (non-hydrogen) atoms. The first-order chi connectivity index (χ1) is 16.5. The predicted molar refractivity (Wildman–Crippen MR) is 129 cm³/mol. The molecule has 176 valence electrons. The van der Waals surface area contributed by atoms with E-state index in [0.717, 1.165) is 21.5 Å². The predicted octanol–water partition coefficient (Wildman–Crippen LogP) is 4.36. The van der Waals surface area contributed by atoms with Crippen molar-refractivity contribution in [2.24, 2.45) is 0 Å². The van der Waals surface area contributed by atoms with Crippen molar-refractivity contribution in [3.8, 4) is 23.0 Å². The van der Waals surface area contributed by atoms with Gasteiger partial charge in [-0.25, -0.2) is 0 Å². The Morgan fingerprint density at radius 1 is 0.618 bits per heavy atom. The van der Waals surface area contributed by atoms with Crippen LogP contribution >= 0.6 is 0 Å². The van der Waals surface area contributed by atoms with Crippen molar-refractivity contribution in [2.45, 2.75) is 12.2 Å². The molecule has 0 bridgehead atoms. The lowest BCUT2D eigenvalue weighted by Gasteiger charge is -2.22. The van der Waals surface area contributed by atoms with E-state index >= 15 is 0 Å². The van der Waals surface area contributed by atoms with Crippen LogP contribution in [0.4, 0.5) is 0 Å². The lowest BCUT2D eigenvalue weighted by Crippen LogP contribution is -2.21. The van der Waals surface area contributed by atoms with Crippen molar-refractivity contribution in [1.29, 1.82) is 0 Å². The molecule has 2 atom stereocenters. The summed E-state index contributed by atoms with van der Waals surface area (Å²) in [6.45, 7) is 0. The van der Waals surface area contributed by atoms with E-state index in [1.54, 1.807) is 12.1 Å². The largest absolute Gasteiger partial charge is 0.492 e. The normalized spacial score (nSPS) is 12.9. The van der Waals surface area contributed by atoms with Gasteiger partial charge in [0.2, 0.25) is 0 Å². The van der Waals surface area contributed by atoms with E-state index in [1.807, 2.05) is 48.5 Å². The van der Waals surface area contributed by atoms with Crippen LogP contribution in [0.2, 0.25) is 0 Å². The summed E-state index contributed by atoms with van der Waals surface area (Å²) in [5.41, 5.74) is 0.377. The molecule has 0 aliphatic carbocycles. The highest BCUT2D eigenvalue weighted by atomic mass is 16.5. The maximum Gasteiger partial charge on any atom is 0.198 e. The molecule has 0 heterocycles. The Kier molecular flexibility index (Phi) is 6.58. The summed E-state index contributed by atoms with van der Waals surface area (Å²) in [4.78, 5) is 13.4. The molecular weight excluding hydrogens is 436 g/mol. The molecule has 0 radical (unpaired) electrons.